The minimum absolute atomic E-state index is 0.597. The fraction of sp³-hybridized carbons (Fsp3) is 0.750. The van der Waals surface area contributed by atoms with Crippen LogP contribution in [0.15, 0.2) is 6.20 Å². The summed E-state index contributed by atoms with van der Waals surface area (Å²) in [7, 11) is 0. The molecular weight excluding hydrogens is 202 g/mol. The van der Waals surface area contributed by atoms with Gasteiger partial charge in [-0.15, -0.1) is 0 Å². The van der Waals surface area contributed by atoms with E-state index in [1.54, 1.807) is 0 Å². The molecule has 0 saturated carbocycles. The van der Waals surface area contributed by atoms with Crippen LogP contribution >= 0.6 is 0 Å². The van der Waals surface area contributed by atoms with E-state index < -0.39 is 0 Å². The molecule has 16 heavy (non-hydrogen) atoms. The van der Waals surface area contributed by atoms with Crippen molar-refractivity contribution in [2.24, 2.45) is 5.92 Å². The quantitative estimate of drug-likeness (QED) is 0.724. The minimum Gasteiger partial charge on any atom is -0.379 e. The highest BCUT2D eigenvalue weighted by Crippen LogP contribution is 2.07. The number of hydrogen-bond acceptors (Lipinski definition) is 3. The lowest BCUT2D eigenvalue weighted by molar-refractivity contribution is 0.118. The van der Waals surface area contributed by atoms with E-state index >= 15 is 0 Å². The molecule has 4 heteroatoms. The molecule has 0 aliphatic heterocycles. The van der Waals surface area contributed by atoms with Gasteiger partial charge in [0.2, 0.25) is 5.95 Å². The van der Waals surface area contributed by atoms with Gasteiger partial charge in [-0.25, -0.2) is 4.98 Å². The van der Waals surface area contributed by atoms with Gasteiger partial charge < -0.3 is 14.6 Å². The van der Waals surface area contributed by atoms with E-state index in [1.807, 2.05) is 6.92 Å². The highest BCUT2D eigenvalue weighted by atomic mass is 16.5. The maximum absolute atomic E-state index is 5.50. The van der Waals surface area contributed by atoms with Crippen molar-refractivity contribution >= 4 is 5.95 Å². The zero-order chi connectivity index (χ0) is 12.0. The molecule has 0 amide bonds. The topological polar surface area (TPSA) is 39.1 Å². The third kappa shape index (κ3) is 4.23. The van der Waals surface area contributed by atoms with Crippen LogP contribution in [0.1, 0.15) is 26.5 Å². The first-order chi connectivity index (χ1) is 7.63. The van der Waals surface area contributed by atoms with Crippen LogP contribution in [0.4, 0.5) is 5.95 Å². The van der Waals surface area contributed by atoms with Gasteiger partial charge in [-0.1, -0.05) is 13.8 Å². The number of imidazole rings is 1. The number of nitrogens with zero attached hydrogens (tertiary/aromatic N) is 2. The summed E-state index contributed by atoms with van der Waals surface area (Å²) in [6.45, 7) is 11.7. The molecule has 0 unspecified atom stereocenters. The van der Waals surface area contributed by atoms with E-state index in [2.05, 4.69) is 41.8 Å². The monoisotopic (exact) mass is 225 g/mol. The normalized spacial score (nSPS) is 11.1. The molecule has 0 radical (unpaired) electrons. The van der Waals surface area contributed by atoms with Gasteiger partial charge in [0.25, 0.3) is 0 Å². The van der Waals surface area contributed by atoms with E-state index in [-0.39, 0.29) is 0 Å². The van der Waals surface area contributed by atoms with Crippen molar-refractivity contribution in [1.29, 1.82) is 0 Å². The summed E-state index contributed by atoms with van der Waals surface area (Å²) in [5, 5.41) is 3.29. The molecule has 0 fully saturated rings. The van der Waals surface area contributed by atoms with Gasteiger partial charge in [-0.05, 0) is 19.8 Å². The van der Waals surface area contributed by atoms with Gasteiger partial charge in [-0.2, -0.15) is 0 Å². The highest BCUT2D eigenvalue weighted by Gasteiger charge is 2.02. The fourth-order valence-corrected chi connectivity index (χ4v) is 1.48. The van der Waals surface area contributed by atoms with E-state index in [1.165, 1.54) is 0 Å². The molecule has 0 spiro atoms. The van der Waals surface area contributed by atoms with Crippen molar-refractivity contribution in [3.63, 3.8) is 0 Å². The Labute approximate surface area is 98.0 Å². The van der Waals surface area contributed by atoms with Crippen LogP contribution in [0.3, 0.4) is 0 Å². The Balaban J connectivity index is 2.26. The molecule has 1 rings (SSSR count). The summed E-state index contributed by atoms with van der Waals surface area (Å²) in [4.78, 5) is 4.41. The molecule has 1 heterocycles. The number of ether oxygens (including phenoxy) is 1. The Hall–Kier alpha value is -1.03. The molecular formula is C12H23N3O. The lowest BCUT2D eigenvalue weighted by Crippen LogP contribution is -2.14. The van der Waals surface area contributed by atoms with Gasteiger partial charge >= 0.3 is 0 Å². The summed E-state index contributed by atoms with van der Waals surface area (Å²) in [5.41, 5.74) is 1.05. The first-order valence-corrected chi connectivity index (χ1v) is 5.98. The Morgan fingerprint density at radius 2 is 2.25 bits per heavy atom. The van der Waals surface area contributed by atoms with E-state index in [0.29, 0.717) is 5.92 Å². The smallest absolute Gasteiger partial charge is 0.203 e. The molecule has 1 aromatic heterocycles. The molecule has 0 aliphatic carbocycles. The number of nitrogens with one attached hydrogen (secondary N) is 1. The summed E-state index contributed by atoms with van der Waals surface area (Å²) >= 11 is 0. The maximum Gasteiger partial charge on any atom is 0.203 e. The summed E-state index contributed by atoms with van der Waals surface area (Å²) < 4.78 is 7.61. The second kappa shape index (κ2) is 6.53. The standard InChI is InChI=1S/C12H23N3O/c1-5-15-8-11(4)14-12(15)13-6-7-16-9-10(2)3/h8,10H,5-7,9H2,1-4H3,(H,13,14). The van der Waals surface area contributed by atoms with Gasteiger partial charge in [-0.3, -0.25) is 0 Å². The summed E-state index contributed by atoms with van der Waals surface area (Å²) in [6, 6.07) is 0. The van der Waals surface area contributed by atoms with Crippen molar-refractivity contribution in [1.82, 2.24) is 9.55 Å². The first-order valence-electron chi connectivity index (χ1n) is 5.98. The maximum atomic E-state index is 5.50. The first kappa shape index (κ1) is 13.0. The molecule has 0 aliphatic rings. The van der Waals surface area contributed by atoms with Crippen LogP contribution < -0.4 is 5.32 Å². The van der Waals surface area contributed by atoms with Crippen molar-refractivity contribution in [3.05, 3.63) is 11.9 Å². The molecule has 0 bridgehead atoms. The van der Waals surface area contributed by atoms with Gasteiger partial charge in [0.15, 0.2) is 0 Å². The Morgan fingerprint density at radius 1 is 1.50 bits per heavy atom. The van der Waals surface area contributed by atoms with Crippen molar-refractivity contribution in [2.75, 3.05) is 25.1 Å². The zero-order valence-electron chi connectivity index (χ0n) is 10.8. The van der Waals surface area contributed by atoms with Gasteiger partial charge in [0, 0.05) is 25.9 Å². The predicted molar refractivity (Wildman–Crippen MR) is 66.8 cm³/mol. The second-order valence-corrected chi connectivity index (χ2v) is 4.39. The Bertz CT molecular complexity index is 307. The number of rotatable bonds is 7. The van der Waals surface area contributed by atoms with E-state index in [0.717, 1.165) is 37.9 Å². The SMILES string of the molecule is CCn1cc(C)nc1NCCOCC(C)C. The molecule has 4 nitrogen and oxygen atoms in total. The highest BCUT2D eigenvalue weighted by molar-refractivity contribution is 5.28. The molecule has 1 N–H and O–H groups in total. The molecule has 1 aromatic rings. The van der Waals surface area contributed by atoms with Gasteiger partial charge in [0.05, 0.1) is 12.3 Å². The molecule has 92 valence electrons. The van der Waals surface area contributed by atoms with Gasteiger partial charge in [0.1, 0.15) is 0 Å². The van der Waals surface area contributed by atoms with Crippen molar-refractivity contribution < 1.29 is 4.74 Å². The third-order valence-corrected chi connectivity index (χ3v) is 2.22. The van der Waals surface area contributed by atoms with Crippen molar-refractivity contribution in [2.45, 2.75) is 34.2 Å². The Morgan fingerprint density at radius 3 is 2.88 bits per heavy atom. The van der Waals surface area contributed by atoms with Crippen LogP contribution in [0, 0.1) is 12.8 Å². The number of anilines is 1. The van der Waals surface area contributed by atoms with E-state index in [9.17, 15) is 0 Å². The molecule has 0 aromatic carbocycles. The third-order valence-electron chi connectivity index (χ3n) is 2.22. The molecule has 0 atom stereocenters. The van der Waals surface area contributed by atoms with E-state index in [4.69, 9.17) is 4.74 Å². The zero-order valence-corrected chi connectivity index (χ0v) is 10.8. The van der Waals surface area contributed by atoms with Crippen LogP contribution in [-0.2, 0) is 11.3 Å². The second-order valence-electron chi connectivity index (χ2n) is 4.39. The number of aromatic nitrogens is 2. The average molecular weight is 225 g/mol. The number of hydrogen-bond donors (Lipinski definition) is 1. The lowest BCUT2D eigenvalue weighted by atomic mass is 10.2. The summed E-state index contributed by atoms with van der Waals surface area (Å²) in [6.07, 6.45) is 2.05. The van der Waals surface area contributed by atoms with Crippen LogP contribution in [0.25, 0.3) is 0 Å². The lowest BCUT2D eigenvalue weighted by Gasteiger charge is -2.09. The predicted octanol–water partition coefficient (Wildman–Crippen LogP) is 2.30. The van der Waals surface area contributed by atoms with Crippen LogP contribution in [0.5, 0.6) is 0 Å². The van der Waals surface area contributed by atoms with Crippen molar-refractivity contribution in [3.8, 4) is 0 Å². The van der Waals surface area contributed by atoms with Crippen LogP contribution in [0.2, 0.25) is 0 Å². The molecule has 0 saturated heterocycles. The Kier molecular flexibility index (Phi) is 5.32. The van der Waals surface area contributed by atoms with Crippen LogP contribution in [-0.4, -0.2) is 29.3 Å². The summed E-state index contributed by atoms with van der Waals surface area (Å²) in [5.74, 6) is 1.54. The fourth-order valence-electron chi connectivity index (χ4n) is 1.48. The number of aryl methyl sites for hydroxylation is 2. The largest absolute Gasteiger partial charge is 0.379 e. The minimum atomic E-state index is 0.597. The average Bonchev–Trinajstić information content (AvgIpc) is 2.58.